The highest BCUT2D eigenvalue weighted by Crippen LogP contribution is 2.24. The SMILES string of the molecule is Cc1ccc(NC(=O)CCc2ncc(-c3ccccc3F)o2)cc1-n1nnnc1C. The van der Waals surface area contributed by atoms with Gasteiger partial charge in [0, 0.05) is 18.5 Å². The lowest BCUT2D eigenvalue weighted by molar-refractivity contribution is -0.116. The normalized spacial score (nSPS) is 10.9. The Hall–Kier alpha value is -3.88. The molecule has 0 aliphatic rings. The third kappa shape index (κ3) is 4.09. The van der Waals surface area contributed by atoms with Crippen LogP contribution in [-0.2, 0) is 11.2 Å². The van der Waals surface area contributed by atoms with Crippen LogP contribution in [0.5, 0.6) is 0 Å². The van der Waals surface area contributed by atoms with Crippen molar-refractivity contribution in [2.75, 3.05) is 5.32 Å². The summed E-state index contributed by atoms with van der Waals surface area (Å²) in [7, 11) is 0. The number of aromatic nitrogens is 5. The van der Waals surface area contributed by atoms with Gasteiger partial charge in [-0.1, -0.05) is 18.2 Å². The molecule has 2 heterocycles. The standard InChI is InChI=1S/C21H19FN6O2/c1-13-7-8-15(11-18(13)28-14(2)25-26-27-28)24-20(29)9-10-21-23-12-19(30-21)16-5-3-4-6-17(16)22/h3-8,11-12H,9-10H2,1-2H3,(H,24,29). The zero-order chi connectivity index (χ0) is 21.1. The second-order valence-corrected chi connectivity index (χ2v) is 6.79. The number of hydrogen-bond acceptors (Lipinski definition) is 6. The van der Waals surface area contributed by atoms with Gasteiger partial charge in [0.15, 0.2) is 17.5 Å². The monoisotopic (exact) mass is 406 g/mol. The second kappa shape index (κ2) is 8.24. The highest BCUT2D eigenvalue weighted by molar-refractivity contribution is 5.91. The Kier molecular flexibility index (Phi) is 5.34. The summed E-state index contributed by atoms with van der Waals surface area (Å²) < 4.78 is 21.1. The van der Waals surface area contributed by atoms with E-state index in [4.69, 9.17) is 4.42 Å². The predicted molar refractivity (Wildman–Crippen MR) is 107 cm³/mol. The van der Waals surface area contributed by atoms with E-state index in [2.05, 4.69) is 25.8 Å². The maximum Gasteiger partial charge on any atom is 0.224 e. The number of carbonyl (C=O) groups excluding carboxylic acids is 1. The van der Waals surface area contributed by atoms with E-state index in [1.807, 2.05) is 25.1 Å². The molecule has 0 spiro atoms. The van der Waals surface area contributed by atoms with E-state index in [1.54, 1.807) is 29.8 Å². The van der Waals surface area contributed by atoms with Gasteiger partial charge < -0.3 is 9.73 Å². The molecule has 30 heavy (non-hydrogen) atoms. The summed E-state index contributed by atoms with van der Waals surface area (Å²) in [6, 6.07) is 11.8. The number of carbonyl (C=O) groups is 1. The lowest BCUT2D eigenvalue weighted by Crippen LogP contribution is -2.13. The van der Waals surface area contributed by atoms with Gasteiger partial charge in [0.05, 0.1) is 17.4 Å². The maximum absolute atomic E-state index is 13.9. The minimum absolute atomic E-state index is 0.171. The summed E-state index contributed by atoms with van der Waals surface area (Å²) in [6.07, 6.45) is 1.93. The minimum atomic E-state index is -0.383. The number of benzene rings is 2. The van der Waals surface area contributed by atoms with Crippen molar-refractivity contribution in [3.05, 3.63) is 71.8 Å². The van der Waals surface area contributed by atoms with Crippen molar-refractivity contribution in [3.8, 4) is 17.0 Å². The van der Waals surface area contributed by atoms with Gasteiger partial charge in [-0.05, 0) is 54.1 Å². The molecule has 2 aromatic heterocycles. The second-order valence-electron chi connectivity index (χ2n) is 6.79. The fourth-order valence-electron chi connectivity index (χ4n) is 3.02. The van der Waals surface area contributed by atoms with Crippen molar-refractivity contribution in [1.82, 2.24) is 25.2 Å². The lowest BCUT2D eigenvalue weighted by Gasteiger charge is -2.10. The molecule has 0 aliphatic heterocycles. The van der Waals surface area contributed by atoms with E-state index in [0.717, 1.165) is 11.3 Å². The molecule has 0 saturated heterocycles. The zero-order valence-electron chi connectivity index (χ0n) is 16.5. The van der Waals surface area contributed by atoms with E-state index in [1.165, 1.54) is 12.3 Å². The van der Waals surface area contributed by atoms with Gasteiger partial charge in [0.1, 0.15) is 5.82 Å². The van der Waals surface area contributed by atoms with Crippen LogP contribution < -0.4 is 5.32 Å². The highest BCUT2D eigenvalue weighted by Gasteiger charge is 2.13. The number of rotatable bonds is 6. The quantitative estimate of drug-likeness (QED) is 0.525. The molecule has 2 aromatic carbocycles. The van der Waals surface area contributed by atoms with Crippen LogP contribution in [0.2, 0.25) is 0 Å². The number of nitrogens with one attached hydrogen (secondary N) is 1. The van der Waals surface area contributed by atoms with Crippen LogP contribution in [-0.4, -0.2) is 31.1 Å². The molecule has 0 radical (unpaired) electrons. The first-order valence-electron chi connectivity index (χ1n) is 9.37. The molecule has 9 heteroatoms. The van der Waals surface area contributed by atoms with Crippen LogP contribution >= 0.6 is 0 Å². The average Bonchev–Trinajstić information content (AvgIpc) is 3.37. The van der Waals surface area contributed by atoms with Crippen molar-refractivity contribution in [2.45, 2.75) is 26.7 Å². The molecular formula is C21H19FN6O2. The van der Waals surface area contributed by atoms with Gasteiger partial charge in [-0.15, -0.1) is 5.10 Å². The third-order valence-electron chi connectivity index (χ3n) is 4.61. The van der Waals surface area contributed by atoms with Crippen molar-refractivity contribution in [1.29, 1.82) is 0 Å². The maximum atomic E-state index is 13.9. The van der Waals surface area contributed by atoms with Crippen molar-refractivity contribution >= 4 is 11.6 Å². The first kappa shape index (κ1) is 19.4. The molecule has 4 aromatic rings. The molecule has 0 saturated carbocycles. The first-order chi connectivity index (χ1) is 14.5. The van der Waals surface area contributed by atoms with Gasteiger partial charge >= 0.3 is 0 Å². The Morgan fingerprint density at radius 1 is 1.20 bits per heavy atom. The third-order valence-corrected chi connectivity index (χ3v) is 4.61. The Balaban J connectivity index is 1.40. The van der Waals surface area contributed by atoms with Gasteiger partial charge in [-0.3, -0.25) is 4.79 Å². The molecular weight excluding hydrogens is 387 g/mol. The molecule has 0 unspecified atom stereocenters. The van der Waals surface area contributed by atoms with Crippen LogP contribution in [0.1, 0.15) is 23.7 Å². The number of nitrogens with zero attached hydrogens (tertiary/aromatic N) is 5. The van der Waals surface area contributed by atoms with Crippen LogP contribution in [0, 0.1) is 19.7 Å². The van der Waals surface area contributed by atoms with Crippen LogP contribution in [0.3, 0.4) is 0 Å². The number of hydrogen-bond donors (Lipinski definition) is 1. The Bertz CT molecular complexity index is 1200. The largest absolute Gasteiger partial charge is 0.441 e. The predicted octanol–water partition coefficient (Wildman–Crippen LogP) is 3.64. The fourth-order valence-corrected chi connectivity index (χ4v) is 3.02. The zero-order valence-corrected chi connectivity index (χ0v) is 16.5. The molecule has 1 amide bonds. The average molecular weight is 406 g/mol. The molecule has 8 nitrogen and oxygen atoms in total. The van der Waals surface area contributed by atoms with Crippen LogP contribution in [0.4, 0.5) is 10.1 Å². The Morgan fingerprint density at radius 3 is 2.80 bits per heavy atom. The summed E-state index contributed by atoms with van der Waals surface area (Å²) in [5.74, 6) is 0.784. The minimum Gasteiger partial charge on any atom is -0.441 e. The number of aryl methyl sites for hydroxylation is 3. The topological polar surface area (TPSA) is 98.7 Å². The first-order valence-corrected chi connectivity index (χ1v) is 9.37. The van der Waals surface area contributed by atoms with E-state index in [9.17, 15) is 9.18 Å². The number of anilines is 1. The van der Waals surface area contributed by atoms with E-state index < -0.39 is 0 Å². The Labute approximate surface area is 171 Å². The molecule has 1 N–H and O–H groups in total. The molecule has 4 rings (SSSR count). The van der Waals surface area contributed by atoms with Crippen LogP contribution in [0.25, 0.3) is 17.0 Å². The van der Waals surface area contributed by atoms with E-state index >= 15 is 0 Å². The summed E-state index contributed by atoms with van der Waals surface area (Å²) in [6.45, 7) is 3.74. The van der Waals surface area contributed by atoms with Crippen LogP contribution in [0.15, 0.2) is 53.1 Å². The van der Waals surface area contributed by atoms with E-state index in [-0.39, 0.29) is 18.1 Å². The smallest absolute Gasteiger partial charge is 0.224 e. The fraction of sp³-hybridized carbons (Fsp3) is 0.190. The van der Waals surface area contributed by atoms with Crippen molar-refractivity contribution in [3.63, 3.8) is 0 Å². The Morgan fingerprint density at radius 2 is 2.03 bits per heavy atom. The molecule has 0 fully saturated rings. The van der Waals surface area contributed by atoms with Crippen molar-refractivity contribution < 1.29 is 13.6 Å². The number of tetrazole rings is 1. The summed E-state index contributed by atoms with van der Waals surface area (Å²) in [4.78, 5) is 16.5. The number of amides is 1. The molecule has 0 aliphatic carbocycles. The molecule has 0 bridgehead atoms. The summed E-state index contributed by atoms with van der Waals surface area (Å²) in [5.41, 5.74) is 2.74. The van der Waals surface area contributed by atoms with Gasteiger partial charge in [-0.2, -0.15) is 4.68 Å². The lowest BCUT2D eigenvalue weighted by atomic mass is 10.1. The highest BCUT2D eigenvalue weighted by atomic mass is 19.1. The van der Waals surface area contributed by atoms with Gasteiger partial charge in [0.2, 0.25) is 5.91 Å². The van der Waals surface area contributed by atoms with Gasteiger partial charge in [-0.25, -0.2) is 9.37 Å². The number of halogens is 1. The summed E-state index contributed by atoms with van der Waals surface area (Å²) in [5, 5.41) is 14.4. The molecule has 0 atom stereocenters. The van der Waals surface area contributed by atoms with E-state index in [0.29, 0.717) is 35.1 Å². The van der Waals surface area contributed by atoms with Crippen molar-refractivity contribution in [2.24, 2.45) is 0 Å². The number of oxazole rings is 1. The summed E-state index contributed by atoms with van der Waals surface area (Å²) >= 11 is 0. The van der Waals surface area contributed by atoms with Gasteiger partial charge in [0.25, 0.3) is 0 Å². The molecule has 152 valence electrons.